The first kappa shape index (κ1) is 8.08. The summed E-state index contributed by atoms with van der Waals surface area (Å²) in [6.45, 7) is 8.06. The number of nitrogens with one attached hydrogen (secondary N) is 1. The van der Waals surface area contributed by atoms with Crippen LogP contribution in [0.3, 0.4) is 0 Å². The van der Waals surface area contributed by atoms with E-state index in [1.54, 1.807) is 0 Å². The van der Waals surface area contributed by atoms with Crippen molar-refractivity contribution in [1.29, 1.82) is 0 Å². The molecular weight excluding hydrogens is 136 g/mol. The molecule has 1 heterocycles. The standard InChI is InChI=1S/C9H14N2/c1-7-5-8(2)9(3)11(6-7)10-4/h5-6,10H,3H2,1-2,4H3. The van der Waals surface area contributed by atoms with E-state index in [-0.39, 0.29) is 0 Å². The molecule has 1 aliphatic rings. The van der Waals surface area contributed by atoms with Crippen molar-refractivity contribution in [2.75, 3.05) is 7.05 Å². The summed E-state index contributed by atoms with van der Waals surface area (Å²) in [5, 5.41) is 1.92. The van der Waals surface area contributed by atoms with E-state index in [4.69, 9.17) is 0 Å². The van der Waals surface area contributed by atoms with Crippen molar-refractivity contribution in [2.24, 2.45) is 0 Å². The molecular formula is C9H14N2. The lowest BCUT2D eigenvalue weighted by Crippen LogP contribution is -2.30. The second-order valence-electron chi connectivity index (χ2n) is 2.74. The van der Waals surface area contributed by atoms with E-state index in [0.29, 0.717) is 0 Å². The van der Waals surface area contributed by atoms with E-state index in [2.05, 4.69) is 31.9 Å². The summed E-state index contributed by atoms with van der Waals surface area (Å²) < 4.78 is 0. The van der Waals surface area contributed by atoms with Crippen LogP contribution in [0, 0.1) is 0 Å². The molecule has 11 heavy (non-hydrogen) atoms. The summed E-state index contributed by atoms with van der Waals surface area (Å²) in [4.78, 5) is 0. The lowest BCUT2D eigenvalue weighted by molar-refractivity contribution is 0.376. The molecule has 0 aromatic rings. The molecule has 1 N–H and O–H groups in total. The number of hydrazine groups is 1. The van der Waals surface area contributed by atoms with Crippen LogP contribution in [0.2, 0.25) is 0 Å². The van der Waals surface area contributed by atoms with Gasteiger partial charge in [-0.15, -0.1) is 0 Å². The first-order chi connectivity index (χ1) is 5.15. The molecule has 0 aromatic carbocycles. The van der Waals surface area contributed by atoms with Crippen LogP contribution in [0.5, 0.6) is 0 Å². The van der Waals surface area contributed by atoms with Gasteiger partial charge < -0.3 is 0 Å². The Morgan fingerprint density at radius 1 is 1.45 bits per heavy atom. The lowest BCUT2D eigenvalue weighted by Gasteiger charge is -2.26. The largest absolute Gasteiger partial charge is 0.285 e. The summed E-state index contributed by atoms with van der Waals surface area (Å²) in [6.07, 6.45) is 4.14. The zero-order valence-corrected chi connectivity index (χ0v) is 7.31. The van der Waals surface area contributed by atoms with Crippen molar-refractivity contribution in [3.8, 4) is 0 Å². The molecule has 0 atom stereocenters. The molecule has 0 fully saturated rings. The third-order valence-corrected chi connectivity index (χ3v) is 1.76. The second kappa shape index (κ2) is 2.93. The molecule has 0 saturated carbocycles. The monoisotopic (exact) mass is 150 g/mol. The topological polar surface area (TPSA) is 15.3 Å². The molecule has 0 saturated heterocycles. The van der Waals surface area contributed by atoms with Crippen molar-refractivity contribution in [2.45, 2.75) is 13.8 Å². The van der Waals surface area contributed by atoms with E-state index >= 15 is 0 Å². The second-order valence-corrected chi connectivity index (χ2v) is 2.74. The molecule has 2 heteroatoms. The first-order valence-corrected chi connectivity index (χ1v) is 3.67. The molecule has 0 spiro atoms. The third kappa shape index (κ3) is 1.52. The highest BCUT2D eigenvalue weighted by Gasteiger charge is 2.08. The van der Waals surface area contributed by atoms with Gasteiger partial charge in [0.1, 0.15) is 0 Å². The fraction of sp³-hybridized carbons (Fsp3) is 0.333. The van der Waals surface area contributed by atoms with Crippen molar-refractivity contribution in [3.63, 3.8) is 0 Å². The Morgan fingerprint density at radius 3 is 2.64 bits per heavy atom. The van der Waals surface area contributed by atoms with Crippen molar-refractivity contribution in [1.82, 2.24) is 10.4 Å². The Hall–Kier alpha value is -1.02. The van der Waals surface area contributed by atoms with E-state index in [0.717, 1.165) is 5.70 Å². The number of allylic oxidation sites excluding steroid dienone is 3. The minimum Gasteiger partial charge on any atom is -0.285 e. The molecule has 0 bridgehead atoms. The van der Waals surface area contributed by atoms with E-state index < -0.39 is 0 Å². The fourth-order valence-electron chi connectivity index (χ4n) is 1.13. The van der Waals surface area contributed by atoms with Gasteiger partial charge in [0.15, 0.2) is 0 Å². The highest BCUT2D eigenvalue weighted by molar-refractivity contribution is 5.37. The Kier molecular flexibility index (Phi) is 2.15. The van der Waals surface area contributed by atoms with Crippen molar-refractivity contribution >= 4 is 0 Å². The molecule has 0 amide bonds. The van der Waals surface area contributed by atoms with E-state index in [9.17, 15) is 0 Å². The minimum absolute atomic E-state index is 1.01. The van der Waals surface area contributed by atoms with Crippen LogP contribution >= 0.6 is 0 Å². The lowest BCUT2D eigenvalue weighted by atomic mass is 10.1. The average Bonchev–Trinajstić information content (AvgIpc) is 1.96. The first-order valence-electron chi connectivity index (χ1n) is 3.67. The molecule has 0 unspecified atom stereocenters. The summed E-state index contributed by atoms with van der Waals surface area (Å²) >= 11 is 0. The third-order valence-electron chi connectivity index (χ3n) is 1.76. The zero-order valence-electron chi connectivity index (χ0n) is 7.31. The predicted octanol–water partition coefficient (Wildman–Crippen LogP) is 1.80. The Balaban J connectivity index is 2.90. The van der Waals surface area contributed by atoms with Gasteiger partial charge in [-0.1, -0.05) is 12.7 Å². The van der Waals surface area contributed by atoms with Gasteiger partial charge in [-0.25, -0.2) is 5.43 Å². The Labute approximate surface area is 67.9 Å². The smallest absolute Gasteiger partial charge is 0.0528 e. The van der Waals surface area contributed by atoms with Crippen LogP contribution in [-0.4, -0.2) is 12.1 Å². The minimum atomic E-state index is 1.01. The van der Waals surface area contributed by atoms with Crippen LogP contribution in [0.4, 0.5) is 0 Å². The van der Waals surface area contributed by atoms with Gasteiger partial charge in [0.25, 0.3) is 0 Å². The summed E-state index contributed by atoms with van der Waals surface area (Å²) in [5.41, 5.74) is 6.49. The summed E-state index contributed by atoms with van der Waals surface area (Å²) in [7, 11) is 1.88. The van der Waals surface area contributed by atoms with Crippen LogP contribution in [0.15, 0.2) is 35.7 Å². The van der Waals surface area contributed by atoms with Crippen LogP contribution in [0.25, 0.3) is 0 Å². The van der Waals surface area contributed by atoms with Gasteiger partial charge in [-0.2, -0.15) is 0 Å². The molecule has 1 rings (SSSR count). The predicted molar refractivity (Wildman–Crippen MR) is 47.6 cm³/mol. The SMILES string of the molecule is C=C1C(C)=CC(C)=CN1NC. The fourth-order valence-corrected chi connectivity index (χ4v) is 1.13. The molecule has 60 valence electrons. The van der Waals surface area contributed by atoms with Gasteiger partial charge in [-0.3, -0.25) is 5.01 Å². The van der Waals surface area contributed by atoms with Gasteiger partial charge in [0, 0.05) is 13.2 Å². The Morgan fingerprint density at radius 2 is 2.09 bits per heavy atom. The number of hydrogen-bond donors (Lipinski definition) is 1. The average molecular weight is 150 g/mol. The van der Waals surface area contributed by atoms with Crippen LogP contribution in [0.1, 0.15) is 13.8 Å². The highest BCUT2D eigenvalue weighted by atomic mass is 15.5. The van der Waals surface area contributed by atoms with Gasteiger partial charge in [-0.05, 0) is 25.0 Å². The highest BCUT2D eigenvalue weighted by Crippen LogP contribution is 2.19. The molecule has 0 aromatic heterocycles. The van der Waals surface area contributed by atoms with Gasteiger partial charge >= 0.3 is 0 Å². The van der Waals surface area contributed by atoms with Gasteiger partial charge in [0.05, 0.1) is 5.70 Å². The van der Waals surface area contributed by atoms with Crippen molar-refractivity contribution in [3.05, 3.63) is 35.7 Å². The van der Waals surface area contributed by atoms with Crippen molar-refractivity contribution < 1.29 is 0 Å². The number of nitrogens with zero attached hydrogens (tertiary/aromatic N) is 1. The quantitative estimate of drug-likeness (QED) is 0.613. The van der Waals surface area contributed by atoms with Gasteiger partial charge in [0.2, 0.25) is 0 Å². The molecule has 2 nitrogen and oxygen atoms in total. The molecule has 1 aliphatic heterocycles. The number of rotatable bonds is 1. The maximum Gasteiger partial charge on any atom is 0.0528 e. The summed E-state index contributed by atoms with van der Waals surface area (Å²) in [5.74, 6) is 0. The van der Waals surface area contributed by atoms with Crippen LogP contribution < -0.4 is 5.43 Å². The Bertz CT molecular complexity index is 236. The zero-order chi connectivity index (χ0) is 8.43. The van der Waals surface area contributed by atoms with E-state index in [1.165, 1.54) is 11.1 Å². The summed E-state index contributed by atoms with van der Waals surface area (Å²) in [6, 6.07) is 0. The molecule has 0 aliphatic carbocycles. The number of hydrogen-bond acceptors (Lipinski definition) is 2. The maximum atomic E-state index is 3.93. The maximum absolute atomic E-state index is 3.93. The normalized spacial score (nSPS) is 18.1. The molecule has 0 radical (unpaired) electrons. The van der Waals surface area contributed by atoms with Crippen LogP contribution in [-0.2, 0) is 0 Å². The van der Waals surface area contributed by atoms with E-state index in [1.807, 2.05) is 18.3 Å².